The van der Waals surface area contributed by atoms with Gasteiger partial charge in [-0.3, -0.25) is 19.8 Å². The smallest absolute Gasteiger partial charge is 0.246 e. The Bertz CT molecular complexity index is 388. The summed E-state index contributed by atoms with van der Waals surface area (Å²) in [4.78, 5) is 27.9. The van der Waals surface area contributed by atoms with E-state index in [9.17, 15) is 9.59 Å². The fraction of sp³-hybridized carbons (Fsp3) is 0.500. The summed E-state index contributed by atoms with van der Waals surface area (Å²) in [7, 11) is 1.51. The number of amides is 2. The van der Waals surface area contributed by atoms with Crippen molar-refractivity contribution in [1.82, 2.24) is 15.2 Å². The first kappa shape index (κ1) is 10.8. The van der Waals surface area contributed by atoms with Gasteiger partial charge in [-0.1, -0.05) is 0 Å². The summed E-state index contributed by atoms with van der Waals surface area (Å²) >= 11 is 0. The molecule has 0 saturated carbocycles. The molecule has 1 N–H and O–H groups in total. The number of aromatic nitrogens is 1. The van der Waals surface area contributed by atoms with E-state index in [-0.39, 0.29) is 17.9 Å². The molecule has 2 heterocycles. The van der Waals surface area contributed by atoms with Gasteiger partial charge in [-0.25, -0.2) is 4.98 Å². The topological polar surface area (TPSA) is 75.4 Å². The zero-order valence-corrected chi connectivity index (χ0v) is 8.97. The maximum Gasteiger partial charge on any atom is 0.246 e. The van der Waals surface area contributed by atoms with Gasteiger partial charge in [0.1, 0.15) is 5.76 Å². The molecule has 86 valence electrons. The van der Waals surface area contributed by atoms with Crippen LogP contribution in [0.2, 0.25) is 0 Å². The summed E-state index contributed by atoms with van der Waals surface area (Å²) in [6.45, 7) is 0.443. The summed E-state index contributed by atoms with van der Waals surface area (Å²) in [5, 5.41) is 3.05. The third kappa shape index (κ3) is 2.11. The molecule has 1 aliphatic heterocycles. The van der Waals surface area contributed by atoms with Gasteiger partial charge in [0.15, 0.2) is 6.39 Å². The Morgan fingerprint density at radius 2 is 2.44 bits per heavy atom. The molecule has 0 radical (unpaired) electrons. The van der Waals surface area contributed by atoms with Crippen LogP contribution in [0.5, 0.6) is 0 Å². The van der Waals surface area contributed by atoms with Gasteiger partial charge in [0.25, 0.3) is 0 Å². The van der Waals surface area contributed by atoms with Crippen molar-refractivity contribution in [3.63, 3.8) is 0 Å². The summed E-state index contributed by atoms with van der Waals surface area (Å²) in [6.07, 6.45) is 3.87. The van der Waals surface area contributed by atoms with Crippen molar-refractivity contribution in [2.24, 2.45) is 0 Å². The second-order valence-electron chi connectivity index (χ2n) is 3.73. The number of hydrogen-bond acceptors (Lipinski definition) is 5. The zero-order chi connectivity index (χ0) is 11.5. The molecule has 1 fully saturated rings. The molecular formula is C10H13N3O3. The van der Waals surface area contributed by atoms with Crippen LogP contribution < -0.4 is 5.32 Å². The first-order chi connectivity index (χ1) is 7.68. The Labute approximate surface area is 92.6 Å². The lowest BCUT2D eigenvalue weighted by Crippen LogP contribution is -2.51. The molecular weight excluding hydrogens is 210 g/mol. The molecule has 1 saturated heterocycles. The molecule has 1 unspecified atom stereocenters. The molecule has 0 bridgehead atoms. The van der Waals surface area contributed by atoms with Crippen LogP contribution >= 0.6 is 0 Å². The lowest BCUT2D eigenvalue weighted by molar-refractivity contribution is -0.148. The number of oxazole rings is 1. The van der Waals surface area contributed by atoms with Crippen molar-refractivity contribution in [2.75, 3.05) is 7.05 Å². The summed E-state index contributed by atoms with van der Waals surface area (Å²) in [5.74, 6) is 0.367. The number of carbonyl (C=O) groups is 2. The highest BCUT2D eigenvalue weighted by molar-refractivity contribution is 6.00. The minimum atomic E-state index is -0.312. The Balaban J connectivity index is 1.91. The van der Waals surface area contributed by atoms with Crippen LogP contribution in [0.25, 0.3) is 0 Å². The molecule has 6 heteroatoms. The summed E-state index contributed by atoms with van der Waals surface area (Å²) < 4.78 is 5.04. The van der Waals surface area contributed by atoms with E-state index in [2.05, 4.69) is 10.3 Å². The van der Waals surface area contributed by atoms with Gasteiger partial charge in [-0.15, -0.1) is 0 Å². The minimum Gasteiger partial charge on any atom is -0.447 e. The standard InChI is InChI=1S/C10H13N3O3/c1-13-9(14)3-2-8(10(13)15)12-5-7-4-11-6-16-7/h4,6,8,12H,2-3,5H2,1H3. The van der Waals surface area contributed by atoms with Crippen LogP contribution in [0.4, 0.5) is 0 Å². The van der Waals surface area contributed by atoms with E-state index in [0.29, 0.717) is 25.1 Å². The predicted molar refractivity (Wildman–Crippen MR) is 54.1 cm³/mol. The van der Waals surface area contributed by atoms with E-state index in [1.54, 1.807) is 6.20 Å². The molecule has 0 aliphatic carbocycles. The minimum absolute atomic E-state index is 0.122. The third-order valence-electron chi connectivity index (χ3n) is 2.66. The van der Waals surface area contributed by atoms with Crippen LogP contribution in [0, 0.1) is 0 Å². The Morgan fingerprint density at radius 1 is 1.62 bits per heavy atom. The van der Waals surface area contributed by atoms with Crippen LogP contribution in [0.15, 0.2) is 17.0 Å². The van der Waals surface area contributed by atoms with Crippen LogP contribution in [0.3, 0.4) is 0 Å². The number of nitrogens with zero attached hydrogens (tertiary/aromatic N) is 2. The lowest BCUT2D eigenvalue weighted by Gasteiger charge is -2.27. The maximum absolute atomic E-state index is 11.7. The quantitative estimate of drug-likeness (QED) is 0.725. The fourth-order valence-electron chi connectivity index (χ4n) is 1.66. The molecule has 0 aromatic carbocycles. The third-order valence-corrected chi connectivity index (χ3v) is 2.66. The molecule has 0 spiro atoms. The lowest BCUT2D eigenvalue weighted by atomic mass is 10.0. The normalized spacial score (nSPS) is 21.6. The molecule has 6 nitrogen and oxygen atoms in total. The second-order valence-corrected chi connectivity index (χ2v) is 3.73. The number of likely N-dealkylation sites (tertiary alicyclic amines) is 1. The molecule has 16 heavy (non-hydrogen) atoms. The molecule has 2 rings (SSSR count). The van der Waals surface area contributed by atoms with Crippen molar-refractivity contribution >= 4 is 11.8 Å². The summed E-state index contributed by atoms with van der Waals surface area (Å²) in [5.41, 5.74) is 0. The van der Waals surface area contributed by atoms with E-state index >= 15 is 0 Å². The van der Waals surface area contributed by atoms with E-state index in [0.717, 1.165) is 0 Å². The monoisotopic (exact) mass is 223 g/mol. The first-order valence-electron chi connectivity index (χ1n) is 5.09. The number of imide groups is 1. The van der Waals surface area contributed by atoms with E-state index in [1.165, 1.54) is 18.3 Å². The Kier molecular flexibility index (Phi) is 3.00. The van der Waals surface area contributed by atoms with Crippen molar-refractivity contribution in [1.29, 1.82) is 0 Å². The number of likely N-dealkylation sites (N-methyl/N-ethyl adjacent to an activating group) is 1. The SMILES string of the molecule is CN1C(=O)CCC(NCc2cnco2)C1=O. The number of nitrogens with one attached hydrogen (secondary N) is 1. The second kappa shape index (κ2) is 4.44. The molecule has 2 amide bonds. The van der Waals surface area contributed by atoms with E-state index < -0.39 is 0 Å². The van der Waals surface area contributed by atoms with Gasteiger partial charge in [-0.05, 0) is 6.42 Å². The predicted octanol–water partition coefficient (Wildman–Crippen LogP) is -0.0884. The van der Waals surface area contributed by atoms with Gasteiger partial charge < -0.3 is 4.42 Å². The average molecular weight is 223 g/mol. The van der Waals surface area contributed by atoms with Crippen molar-refractivity contribution in [3.8, 4) is 0 Å². The van der Waals surface area contributed by atoms with E-state index in [1.807, 2.05) is 0 Å². The molecule has 1 aliphatic rings. The number of piperidine rings is 1. The number of carbonyl (C=O) groups excluding carboxylic acids is 2. The largest absolute Gasteiger partial charge is 0.447 e. The summed E-state index contributed by atoms with van der Waals surface area (Å²) in [6, 6.07) is -0.312. The average Bonchev–Trinajstić information content (AvgIpc) is 2.78. The Hall–Kier alpha value is -1.69. The molecule has 1 aromatic rings. The van der Waals surface area contributed by atoms with Crippen molar-refractivity contribution in [2.45, 2.75) is 25.4 Å². The van der Waals surface area contributed by atoms with Gasteiger partial charge >= 0.3 is 0 Å². The molecule has 1 aromatic heterocycles. The zero-order valence-electron chi connectivity index (χ0n) is 8.97. The van der Waals surface area contributed by atoms with Gasteiger partial charge in [0.2, 0.25) is 11.8 Å². The van der Waals surface area contributed by atoms with Gasteiger partial charge in [0, 0.05) is 13.5 Å². The van der Waals surface area contributed by atoms with Crippen LogP contribution in [-0.2, 0) is 16.1 Å². The van der Waals surface area contributed by atoms with Crippen molar-refractivity contribution < 1.29 is 14.0 Å². The number of hydrogen-bond donors (Lipinski definition) is 1. The maximum atomic E-state index is 11.7. The highest BCUT2D eigenvalue weighted by Crippen LogP contribution is 2.12. The van der Waals surface area contributed by atoms with Gasteiger partial charge in [0.05, 0.1) is 18.8 Å². The highest BCUT2D eigenvalue weighted by atomic mass is 16.3. The van der Waals surface area contributed by atoms with E-state index in [4.69, 9.17) is 4.42 Å². The fourth-order valence-corrected chi connectivity index (χ4v) is 1.66. The highest BCUT2D eigenvalue weighted by Gasteiger charge is 2.31. The number of rotatable bonds is 3. The Morgan fingerprint density at radius 3 is 3.12 bits per heavy atom. The first-order valence-corrected chi connectivity index (χ1v) is 5.09. The molecule has 1 atom stereocenters. The van der Waals surface area contributed by atoms with Gasteiger partial charge in [-0.2, -0.15) is 0 Å². The van der Waals surface area contributed by atoms with Crippen LogP contribution in [0.1, 0.15) is 18.6 Å². The van der Waals surface area contributed by atoms with Crippen molar-refractivity contribution in [3.05, 3.63) is 18.4 Å². The van der Waals surface area contributed by atoms with Crippen LogP contribution in [-0.4, -0.2) is 34.8 Å².